The molecule has 1 fully saturated rings. The van der Waals surface area contributed by atoms with Gasteiger partial charge in [0, 0.05) is 19.5 Å². The van der Waals surface area contributed by atoms with Crippen LogP contribution in [0.3, 0.4) is 0 Å². The lowest BCUT2D eigenvalue weighted by atomic mass is 10.2. The van der Waals surface area contributed by atoms with Crippen LogP contribution in [-0.4, -0.2) is 49.9 Å². The van der Waals surface area contributed by atoms with Crippen molar-refractivity contribution in [3.05, 3.63) is 30.1 Å². The molecule has 0 bridgehead atoms. The van der Waals surface area contributed by atoms with Gasteiger partial charge in [-0.2, -0.15) is 4.31 Å². The van der Waals surface area contributed by atoms with E-state index in [0.717, 1.165) is 6.26 Å². The predicted octanol–water partition coefficient (Wildman–Crippen LogP) is 0.694. The van der Waals surface area contributed by atoms with Crippen LogP contribution in [-0.2, 0) is 19.6 Å². The number of para-hydroxylation sites is 1. The van der Waals surface area contributed by atoms with E-state index >= 15 is 0 Å². The van der Waals surface area contributed by atoms with Crippen LogP contribution in [0.15, 0.2) is 24.3 Å². The van der Waals surface area contributed by atoms with Crippen molar-refractivity contribution in [2.45, 2.75) is 25.3 Å². The van der Waals surface area contributed by atoms with Gasteiger partial charge in [-0.05, 0) is 25.0 Å². The maximum Gasteiger partial charge on any atom is 0.238 e. The van der Waals surface area contributed by atoms with Gasteiger partial charge in [0.25, 0.3) is 0 Å². The van der Waals surface area contributed by atoms with Gasteiger partial charge in [0.15, 0.2) is 0 Å². The Morgan fingerprint density at radius 3 is 2.71 bits per heavy atom. The van der Waals surface area contributed by atoms with Crippen molar-refractivity contribution < 1.29 is 22.4 Å². The van der Waals surface area contributed by atoms with Crippen LogP contribution >= 0.6 is 0 Å². The summed E-state index contributed by atoms with van der Waals surface area (Å²) >= 11 is 0. The fraction of sp³-hybridized carbons (Fsp3) is 0.467. The van der Waals surface area contributed by atoms with Crippen molar-refractivity contribution in [1.82, 2.24) is 9.62 Å². The number of amides is 2. The molecular formula is C15H20FN3O4S. The number of halogens is 1. The first kappa shape index (κ1) is 18.3. The Balaban J connectivity index is 1.80. The first-order valence-electron chi connectivity index (χ1n) is 7.58. The van der Waals surface area contributed by atoms with E-state index in [1.165, 1.54) is 22.5 Å². The molecule has 24 heavy (non-hydrogen) atoms. The third-order valence-corrected chi connectivity index (χ3v) is 5.02. The Bertz CT molecular complexity index is 723. The zero-order chi connectivity index (χ0) is 17.7. The van der Waals surface area contributed by atoms with Crippen molar-refractivity contribution in [2.24, 2.45) is 0 Å². The van der Waals surface area contributed by atoms with E-state index in [1.807, 2.05) is 0 Å². The molecule has 1 heterocycles. The Morgan fingerprint density at radius 1 is 1.33 bits per heavy atom. The van der Waals surface area contributed by atoms with Crippen LogP contribution in [0, 0.1) is 5.82 Å². The van der Waals surface area contributed by atoms with Crippen LogP contribution in [0.5, 0.6) is 0 Å². The highest BCUT2D eigenvalue weighted by atomic mass is 32.2. The van der Waals surface area contributed by atoms with Gasteiger partial charge < -0.3 is 10.6 Å². The van der Waals surface area contributed by atoms with E-state index in [4.69, 9.17) is 0 Å². The Labute approximate surface area is 140 Å². The maximum absolute atomic E-state index is 13.4. The third-order valence-electron chi connectivity index (χ3n) is 3.73. The zero-order valence-electron chi connectivity index (χ0n) is 13.3. The van der Waals surface area contributed by atoms with Crippen LogP contribution < -0.4 is 10.6 Å². The van der Waals surface area contributed by atoms with E-state index in [2.05, 4.69) is 10.6 Å². The molecule has 9 heteroatoms. The molecule has 2 amide bonds. The molecule has 1 saturated heterocycles. The minimum Gasteiger partial charge on any atom is -0.354 e. The second-order valence-corrected chi connectivity index (χ2v) is 7.54. The molecule has 1 aromatic carbocycles. The summed E-state index contributed by atoms with van der Waals surface area (Å²) in [5, 5.41) is 4.97. The average molecular weight is 357 g/mol. The van der Waals surface area contributed by atoms with Gasteiger partial charge in [-0.25, -0.2) is 12.8 Å². The monoisotopic (exact) mass is 357 g/mol. The van der Waals surface area contributed by atoms with Crippen molar-refractivity contribution >= 4 is 27.5 Å². The first-order chi connectivity index (χ1) is 11.3. The van der Waals surface area contributed by atoms with Gasteiger partial charge in [0.1, 0.15) is 11.9 Å². The lowest BCUT2D eigenvalue weighted by molar-refractivity contribution is -0.124. The lowest BCUT2D eigenvalue weighted by Crippen LogP contribution is -2.46. The van der Waals surface area contributed by atoms with E-state index in [1.54, 1.807) is 6.07 Å². The van der Waals surface area contributed by atoms with E-state index in [9.17, 15) is 22.4 Å². The maximum atomic E-state index is 13.4. The Kier molecular flexibility index (Phi) is 5.89. The number of anilines is 1. The second kappa shape index (κ2) is 7.71. The summed E-state index contributed by atoms with van der Waals surface area (Å²) in [5.41, 5.74) is 0.0767. The zero-order valence-corrected chi connectivity index (χ0v) is 14.1. The summed E-state index contributed by atoms with van der Waals surface area (Å²) in [6.45, 7) is 0.373. The largest absolute Gasteiger partial charge is 0.354 e. The third kappa shape index (κ3) is 4.75. The van der Waals surface area contributed by atoms with Gasteiger partial charge in [-0.1, -0.05) is 12.1 Å². The van der Waals surface area contributed by atoms with Gasteiger partial charge >= 0.3 is 0 Å². The second-order valence-electron chi connectivity index (χ2n) is 5.60. The van der Waals surface area contributed by atoms with Gasteiger partial charge in [0.2, 0.25) is 21.8 Å². The summed E-state index contributed by atoms with van der Waals surface area (Å²) in [6, 6.07) is 5.06. The number of rotatable bonds is 6. The highest BCUT2D eigenvalue weighted by Crippen LogP contribution is 2.20. The van der Waals surface area contributed by atoms with E-state index in [-0.39, 0.29) is 18.7 Å². The number of nitrogens with zero attached hydrogens (tertiary/aromatic N) is 1. The highest BCUT2D eigenvalue weighted by molar-refractivity contribution is 7.88. The molecule has 1 aliphatic heterocycles. The predicted molar refractivity (Wildman–Crippen MR) is 87.2 cm³/mol. The van der Waals surface area contributed by atoms with Crippen molar-refractivity contribution in [2.75, 3.05) is 24.7 Å². The minimum atomic E-state index is -3.43. The normalized spacial score (nSPS) is 18.3. The summed E-state index contributed by atoms with van der Waals surface area (Å²) in [4.78, 5) is 23.8. The lowest BCUT2D eigenvalue weighted by Gasteiger charge is -2.21. The standard InChI is InChI=1S/C15H20FN3O4S/c1-24(22,23)19-10-4-7-13(19)15(21)17-9-8-14(20)18-12-6-3-2-5-11(12)16/h2-3,5-6,13H,4,7-10H2,1H3,(H,17,21)(H,18,20)/t13-/m1/s1. The molecule has 2 N–H and O–H groups in total. The quantitative estimate of drug-likeness (QED) is 0.783. The number of hydrogen-bond donors (Lipinski definition) is 2. The Morgan fingerprint density at radius 2 is 2.04 bits per heavy atom. The fourth-order valence-electron chi connectivity index (χ4n) is 2.59. The molecule has 0 spiro atoms. The van der Waals surface area contributed by atoms with Crippen LogP contribution in [0.25, 0.3) is 0 Å². The molecule has 2 rings (SSSR count). The SMILES string of the molecule is CS(=O)(=O)N1CCC[C@@H]1C(=O)NCCC(=O)Nc1ccccc1F. The molecule has 0 radical (unpaired) electrons. The topological polar surface area (TPSA) is 95.6 Å². The van der Waals surface area contributed by atoms with Crippen molar-refractivity contribution in [3.8, 4) is 0 Å². The number of carbonyl (C=O) groups excluding carboxylic acids is 2. The summed E-state index contributed by atoms with van der Waals surface area (Å²) in [7, 11) is -3.43. The molecule has 0 aliphatic carbocycles. The molecular weight excluding hydrogens is 337 g/mol. The van der Waals surface area contributed by atoms with Gasteiger partial charge in [0.05, 0.1) is 11.9 Å². The molecule has 0 unspecified atom stereocenters. The highest BCUT2D eigenvalue weighted by Gasteiger charge is 2.36. The summed E-state index contributed by atoms with van der Waals surface area (Å²) < 4.78 is 37.8. The van der Waals surface area contributed by atoms with Gasteiger partial charge in [-0.15, -0.1) is 0 Å². The molecule has 1 aromatic rings. The Hall–Kier alpha value is -2.00. The number of sulfonamides is 1. The molecule has 1 aliphatic rings. The molecule has 0 aromatic heterocycles. The summed E-state index contributed by atoms with van der Waals surface area (Å²) in [5.74, 6) is -1.40. The average Bonchev–Trinajstić information content (AvgIpc) is 2.99. The molecule has 1 atom stereocenters. The smallest absolute Gasteiger partial charge is 0.238 e. The number of nitrogens with one attached hydrogen (secondary N) is 2. The first-order valence-corrected chi connectivity index (χ1v) is 9.43. The van der Waals surface area contributed by atoms with Crippen LogP contribution in [0.1, 0.15) is 19.3 Å². The minimum absolute atomic E-state index is 0.0360. The molecule has 0 saturated carbocycles. The molecule has 7 nitrogen and oxygen atoms in total. The fourth-order valence-corrected chi connectivity index (χ4v) is 3.72. The summed E-state index contributed by atoms with van der Waals surface area (Å²) in [6.07, 6.45) is 2.12. The van der Waals surface area contributed by atoms with Crippen LogP contribution in [0.4, 0.5) is 10.1 Å². The van der Waals surface area contributed by atoms with E-state index < -0.39 is 33.7 Å². The molecule has 132 valence electrons. The number of hydrogen-bond acceptors (Lipinski definition) is 4. The van der Waals surface area contributed by atoms with Gasteiger partial charge in [-0.3, -0.25) is 9.59 Å². The van der Waals surface area contributed by atoms with Crippen molar-refractivity contribution in [1.29, 1.82) is 0 Å². The number of carbonyl (C=O) groups is 2. The van der Waals surface area contributed by atoms with E-state index in [0.29, 0.717) is 19.4 Å². The van der Waals surface area contributed by atoms with Crippen LogP contribution in [0.2, 0.25) is 0 Å². The number of benzene rings is 1. The van der Waals surface area contributed by atoms with Crippen molar-refractivity contribution in [3.63, 3.8) is 0 Å².